The third-order valence-electron chi connectivity index (χ3n) is 4.74. The standard InChI is InChI=1S/C24H18F2N2O5S/c1-31-18-11-14(7-9-17(18)33-24(25)26)8-10-20(29)32-12-19-27-22(30)21-16(13-34-23(21)28-19)15-5-3-2-4-6-15/h2-11,13,24H,12H2,1H3,(H,27,28,30)/b10-8+. The first-order valence-electron chi connectivity index (χ1n) is 9.98. The van der Waals surface area contributed by atoms with Gasteiger partial charge in [0.2, 0.25) is 0 Å². The van der Waals surface area contributed by atoms with Gasteiger partial charge in [0.1, 0.15) is 17.3 Å². The number of benzene rings is 2. The Morgan fingerprint density at radius 1 is 1.18 bits per heavy atom. The van der Waals surface area contributed by atoms with Crippen molar-refractivity contribution >= 4 is 33.6 Å². The van der Waals surface area contributed by atoms with E-state index in [-0.39, 0.29) is 29.5 Å². The summed E-state index contributed by atoms with van der Waals surface area (Å²) in [4.78, 5) is 32.4. The Balaban J connectivity index is 1.43. The third kappa shape index (κ3) is 5.29. The molecule has 34 heavy (non-hydrogen) atoms. The molecule has 4 aromatic rings. The lowest BCUT2D eigenvalue weighted by atomic mass is 10.1. The number of rotatable bonds is 8. The number of methoxy groups -OCH3 is 1. The van der Waals surface area contributed by atoms with E-state index >= 15 is 0 Å². The fourth-order valence-electron chi connectivity index (χ4n) is 3.23. The Kier molecular flexibility index (Phi) is 6.98. The van der Waals surface area contributed by atoms with E-state index in [0.717, 1.165) is 17.2 Å². The van der Waals surface area contributed by atoms with Crippen LogP contribution >= 0.6 is 11.3 Å². The number of nitrogens with zero attached hydrogens (tertiary/aromatic N) is 1. The summed E-state index contributed by atoms with van der Waals surface area (Å²) < 4.78 is 39.4. The summed E-state index contributed by atoms with van der Waals surface area (Å²) in [5.41, 5.74) is 1.90. The van der Waals surface area contributed by atoms with Crippen LogP contribution in [0, 0.1) is 0 Å². The highest BCUT2D eigenvalue weighted by Gasteiger charge is 2.14. The van der Waals surface area contributed by atoms with Crippen LogP contribution in [0.5, 0.6) is 11.5 Å². The van der Waals surface area contributed by atoms with Crippen molar-refractivity contribution in [1.82, 2.24) is 9.97 Å². The third-order valence-corrected chi connectivity index (χ3v) is 5.62. The van der Waals surface area contributed by atoms with Crippen LogP contribution in [-0.2, 0) is 16.1 Å². The maximum Gasteiger partial charge on any atom is 0.387 e. The number of carbonyl (C=O) groups is 1. The molecule has 0 amide bonds. The second-order valence-corrected chi connectivity index (χ2v) is 7.80. The van der Waals surface area contributed by atoms with Crippen molar-refractivity contribution in [2.24, 2.45) is 0 Å². The Bertz CT molecular complexity index is 1400. The molecule has 2 heterocycles. The molecule has 7 nitrogen and oxygen atoms in total. The highest BCUT2D eigenvalue weighted by atomic mass is 32.1. The van der Waals surface area contributed by atoms with Gasteiger partial charge in [0.05, 0.1) is 12.5 Å². The van der Waals surface area contributed by atoms with Crippen molar-refractivity contribution in [2.45, 2.75) is 13.2 Å². The molecule has 0 spiro atoms. The smallest absolute Gasteiger partial charge is 0.387 e. The molecule has 0 aliphatic heterocycles. The predicted octanol–water partition coefficient (Wildman–Crippen LogP) is 5.02. The van der Waals surface area contributed by atoms with E-state index in [0.29, 0.717) is 15.8 Å². The van der Waals surface area contributed by atoms with Crippen LogP contribution in [0.3, 0.4) is 0 Å². The number of hydrogen-bond donors (Lipinski definition) is 1. The Labute approximate surface area is 196 Å². The van der Waals surface area contributed by atoms with Crippen LogP contribution < -0.4 is 15.0 Å². The lowest BCUT2D eigenvalue weighted by molar-refractivity contribution is -0.139. The lowest BCUT2D eigenvalue weighted by Crippen LogP contribution is -2.13. The predicted molar refractivity (Wildman–Crippen MR) is 124 cm³/mol. The van der Waals surface area contributed by atoms with E-state index in [2.05, 4.69) is 14.7 Å². The van der Waals surface area contributed by atoms with Gasteiger partial charge in [0.15, 0.2) is 11.5 Å². The number of esters is 1. The molecule has 4 rings (SSSR count). The first-order valence-corrected chi connectivity index (χ1v) is 10.9. The highest BCUT2D eigenvalue weighted by molar-refractivity contribution is 7.17. The minimum Gasteiger partial charge on any atom is -0.493 e. The van der Waals surface area contributed by atoms with Gasteiger partial charge in [0.25, 0.3) is 5.56 Å². The van der Waals surface area contributed by atoms with Crippen molar-refractivity contribution in [3.05, 3.63) is 81.7 Å². The van der Waals surface area contributed by atoms with Crippen molar-refractivity contribution in [2.75, 3.05) is 7.11 Å². The summed E-state index contributed by atoms with van der Waals surface area (Å²) in [6.07, 6.45) is 2.60. The van der Waals surface area contributed by atoms with Crippen LogP contribution in [-0.4, -0.2) is 29.7 Å². The van der Waals surface area contributed by atoms with Crippen molar-refractivity contribution in [1.29, 1.82) is 0 Å². The molecule has 10 heteroatoms. The normalized spacial score (nSPS) is 11.3. The van der Waals surface area contributed by atoms with Gasteiger partial charge in [-0.1, -0.05) is 36.4 Å². The maximum absolute atomic E-state index is 12.7. The van der Waals surface area contributed by atoms with Crippen LogP contribution in [0.4, 0.5) is 8.78 Å². The van der Waals surface area contributed by atoms with E-state index in [4.69, 9.17) is 9.47 Å². The molecule has 0 aliphatic rings. The maximum atomic E-state index is 12.7. The molecule has 0 fully saturated rings. The Morgan fingerprint density at radius 3 is 2.71 bits per heavy atom. The highest BCUT2D eigenvalue weighted by Crippen LogP contribution is 2.31. The first kappa shape index (κ1) is 23.1. The van der Waals surface area contributed by atoms with E-state index in [1.165, 1.54) is 42.7 Å². The molecule has 2 aromatic heterocycles. The molecule has 0 bridgehead atoms. The number of halogens is 2. The number of hydrogen-bond acceptors (Lipinski definition) is 7. The summed E-state index contributed by atoms with van der Waals surface area (Å²) in [6.45, 7) is -3.21. The van der Waals surface area contributed by atoms with Gasteiger partial charge >= 0.3 is 12.6 Å². The number of thiophene rings is 1. The molecular weight excluding hydrogens is 466 g/mol. The molecular formula is C24H18F2N2O5S. The summed E-state index contributed by atoms with van der Waals surface area (Å²) >= 11 is 1.33. The van der Waals surface area contributed by atoms with Gasteiger partial charge in [-0.25, -0.2) is 9.78 Å². The van der Waals surface area contributed by atoms with Crippen molar-refractivity contribution < 1.29 is 27.8 Å². The number of carbonyl (C=O) groups excluding carboxylic acids is 1. The second kappa shape index (κ2) is 10.3. The Hall–Kier alpha value is -4.05. The number of H-pyrrole nitrogens is 1. The molecule has 174 valence electrons. The molecule has 1 N–H and O–H groups in total. The van der Waals surface area contributed by atoms with Crippen LogP contribution in [0.2, 0.25) is 0 Å². The summed E-state index contributed by atoms with van der Waals surface area (Å²) in [7, 11) is 1.32. The average molecular weight is 484 g/mol. The number of aromatic amines is 1. The number of nitrogens with one attached hydrogen (secondary N) is 1. The topological polar surface area (TPSA) is 90.5 Å². The molecule has 0 unspecified atom stereocenters. The van der Waals surface area contributed by atoms with Crippen LogP contribution in [0.1, 0.15) is 11.4 Å². The van der Waals surface area contributed by atoms with E-state index in [1.54, 1.807) is 0 Å². The summed E-state index contributed by atoms with van der Waals surface area (Å²) in [6, 6.07) is 13.7. The minimum atomic E-state index is -2.98. The Morgan fingerprint density at radius 2 is 1.97 bits per heavy atom. The zero-order valence-corrected chi connectivity index (χ0v) is 18.6. The van der Waals surface area contributed by atoms with Crippen molar-refractivity contribution in [3.8, 4) is 22.6 Å². The zero-order valence-electron chi connectivity index (χ0n) is 17.8. The molecule has 0 aliphatic carbocycles. The number of fused-ring (bicyclic) bond motifs is 1. The average Bonchev–Trinajstić information content (AvgIpc) is 3.27. The first-order chi connectivity index (χ1) is 16.4. The molecule has 0 saturated carbocycles. The second-order valence-electron chi connectivity index (χ2n) is 6.94. The fraction of sp³-hybridized carbons (Fsp3) is 0.125. The summed E-state index contributed by atoms with van der Waals surface area (Å²) in [5, 5.41) is 2.35. The van der Waals surface area contributed by atoms with E-state index < -0.39 is 12.6 Å². The van der Waals surface area contributed by atoms with Crippen LogP contribution in [0.25, 0.3) is 27.4 Å². The largest absolute Gasteiger partial charge is 0.493 e. The van der Waals surface area contributed by atoms with Gasteiger partial charge in [-0.3, -0.25) is 4.79 Å². The quantitative estimate of drug-likeness (QED) is 0.279. The fourth-order valence-corrected chi connectivity index (χ4v) is 4.19. The van der Waals surface area contributed by atoms with Gasteiger partial charge in [-0.05, 0) is 29.3 Å². The molecule has 0 radical (unpaired) electrons. The number of aromatic nitrogens is 2. The number of ether oxygens (including phenoxy) is 3. The lowest BCUT2D eigenvalue weighted by Gasteiger charge is -2.10. The van der Waals surface area contributed by atoms with E-state index in [9.17, 15) is 18.4 Å². The van der Waals surface area contributed by atoms with Crippen LogP contribution in [0.15, 0.2) is 64.8 Å². The number of alkyl halides is 2. The molecule has 0 atom stereocenters. The van der Waals surface area contributed by atoms with Gasteiger partial charge in [-0.2, -0.15) is 8.78 Å². The van der Waals surface area contributed by atoms with Crippen molar-refractivity contribution in [3.63, 3.8) is 0 Å². The zero-order chi connectivity index (χ0) is 24.1. The minimum absolute atomic E-state index is 0.0942. The SMILES string of the molecule is COc1cc(/C=C/C(=O)OCc2nc3scc(-c4ccccc4)c3c(=O)[nH]2)ccc1OC(F)F. The van der Waals surface area contributed by atoms with E-state index in [1.807, 2.05) is 35.7 Å². The molecule has 2 aromatic carbocycles. The van der Waals surface area contributed by atoms with Gasteiger partial charge in [-0.15, -0.1) is 11.3 Å². The molecule has 0 saturated heterocycles. The summed E-state index contributed by atoms with van der Waals surface area (Å²) in [5.74, 6) is -0.481. The van der Waals surface area contributed by atoms with Gasteiger partial charge < -0.3 is 19.2 Å². The van der Waals surface area contributed by atoms with Gasteiger partial charge in [0, 0.05) is 17.0 Å². The monoisotopic (exact) mass is 484 g/mol.